The molecule has 1 aromatic rings. The van der Waals surface area contributed by atoms with Gasteiger partial charge in [0.15, 0.2) is 0 Å². The van der Waals surface area contributed by atoms with E-state index in [-0.39, 0.29) is 29.4 Å². The molecule has 0 radical (unpaired) electrons. The number of nitrogens with one attached hydrogen (secondary N) is 4. The van der Waals surface area contributed by atoms with Crippen LogP contribution in [-0.2, 0) is 4.79 Å². The van der Waals surface area contributed by atoms with Crippen LogP contribution in [0.3, 0.4) is 0 Å². The number of benzene rings is 1. The molecule has 1 unspecified atom stereocenters. The van der Waals surface area contributed by atoms with Gasteiger partial charge in [0.2, 0.25) is 5.91 Å². The minimum atomic E-state index is -0.645. The number of hydrogen-bond donors (Lipinski definition) is 4. The van der Waals surface area contributed by atoms with Gasteiger partial charge in [-0.25, -0.2) is 4.79 Å². The molecule has 1 aromatic carbocycles. The first-order chi connectivity index (χ1) is 11.6. The summed E-state index contributed by atoms with van der Waals surface area (Å²) >= 11 is 0. The van der Waals surface area contributed by atoms with E-state index in [1.54, 1.807) is 31.2 Å². The van der Waals surface area contributed by atoms with Crippen LogP contribution in [0, 0.1) is 0 Å². The van der Waals surface area contributed by atoms with Crippen LogP contribution in [0.1, 0.15) is 50.9 Å². The summed E-state index contributed by atoms with van der Waals surface area (Å²) < 4.78 is 0. The molecular formula is C18H26N4O3. The Hall–Kier alpha value is -2.57. The van der Waals surface area contributed by atoms with Crippen molar-refractivity contribution in [2.45, 2.75) is 58.2 Å². The largest absolute Gasteiger partial charge is 0.350 e. The quantitative estimate of drug-likeness (QED) is 0.656. The van der Waals surface area contributed by atoms with Crippen LogP contribution in [0.5, 0.6) is 0 Å². The van der Waals surface area contributed by atoms with Crippen LogP contribution in [0.4, 0.5) is 10.5 Å². The zero-order valence-corrected chi connectivity index (χ0v) is 15.1. The highest BCUT2D eigenvalue weighted by atomic mass is 16.2. The molecule has 0 heterocycles. The molecule has 4 N–H and O–H groups in total. The fourth-order valence-electron chi connectivity index (χ4n) is 2.11. The van der Waals surface area contributed by atoms with Crippen molar-refractivity contribution in [3.05, 3.63) is 29.8 Å². The Kier molecular flexibility index (Phi) is 5.66. The van der Waals surface area contributed by atoms with Crippen LogP contribution >= 0.6 is 0 Å². The van der Waals surface area contributed by atoms with Crippen molar-refractivity contribution in [3.63, 3.8) is 0 Å². The van der Waals surface area contributed by atoms with Crippen molar-refractivity contribution in [3.8, 4) is 0 Å². The van der Waals surface area contributed by atoms with Crippen molar-refractivity contribution in [1.29, 1.82) is 0 Å². The van der Waals surface area contributed by atoms with Crippen LogP contribution in [0.2, 0.25) is 0 Å². The molecule has 4 amide bonds. The standard InChI is InChI=1S/C18H26N4O3/c1-11(15(23)22-18(2,3)4)19-16(24)12-5-7-13(8-6-12)20-17(25)21-14-9-10-14/h5-8,11,14H,9-10H2,1-4H3,(H,19,24)(H,22,23)(H2,20,21,25). The minimum absolute atomic E-state index is 0.240. The lowest BCUT2D eigenvalue weighted by Gasteiger charge is -2.23. The van der Waals surface area contributed by atoms with Gasteiger partial charge in [-0.2, -0.15) is 0 Å². The number of urea groups is 1. The van der Waals surface area contributed by atoms with Gasteiger partial charge >= 0.3 is 6.03 Å². The maximum absolute atomic E-state index is 12.2. The second-order valence-electron chi connectivity index (χ2n) is 7.38. The SMILES string of the molecule is CC(NC(=O)c1ccc(NC(=O)NC2CC2)cc1)C(=O)NC(C)(C)C. The summed E-state index contributed by atoms with van der Waals surface area (Å²) in [5.74, 6) is -0.582. The number of rotatable bonds is 5. The lowest BCUT2D eigenvalue weighted by Crippen LogP contribution is -2.50. The van der Waals surface area contributed by atoms with Crippen LogP contribution < -0.4 is 21.3 Å². The third-order valence-electron chi connectivity index (χ3n) is 3.56. The summed E-state index contributed by atoms with van der Waals surface area (Å²) in [5.41, 5.74) is 0.668. The first-order valence-electron chi connectivity index (χ1n) is 8.44. The minimum Gasteiger partial charge on any atom is -0.350 e. The Morgan fingerprint density at radius 3 is 2.20 bits per heavy atom. The Labute approximate surface area is 147 Å². The Bertz CT molecular complexity index is 645. The van der Waals surface area contributed by atoms with Crippen LogP contribution in [-0.4, -0.2) is 35.5 Å². The molecule has 1 saturated carbocycles. The number of anilines is 1. The Morgan fingerprint density at radius 2 is 1.68 bits per heavy atom. The van der Waals surface area contributed by atoms with E-state index in [0.717, 1.165) is 12.8 Å². The molecule has 0 bridgehead atoms. The molecule has 0 saturated heterocycles. The second kappa shape index (κ2) is 7.55. The molecule has 1 aliphatic carbocycles. The highest BCUT2D eigenvalue weighted by molar-refractivity contribution is 5.98. The van der Waals surface area contributed by atoms with Gasteiger partial charge < -0.3 is 21.3 Å². The molecular weight excluding hydrogens is 320 g/mol. The second-order valence-corrected chi connectivity index (χ2v) is 7.38. The van der Waals surface area contributed by atoms with E-state index in [2.05, 4.69) is 21.3 Å². The van der Waals surface area contributed by atoms with Crippen LogP contribution in [0.15, 0.2) is 24.3 Å². The molecule has 136 valence electrons. The summed E-state index contributed by atoms with van der Waals surface area (Å²) in [6.45, 7) is 7.27. The molecule has 0 spiro atoms. The first kappa shape index (κ1) is 18.8. The topological polar surface area (TPSA) is 99.3 Å². The van der Waals surface area contributed by atoms with Gasteiger partial charge in [0.25, 0.3) is 5.91 Å². The molecule has 7 heteroatoms. The monoisotopic (exact) mass is 346 g/mol. The van der Waals surface area contributed by atoms with Crippen LogP contribution in [0.25, 0.3) is 0 Å². The summed E-state index contributed by atoms with van der Waals surface area (Å²) in [5, 5.41) is 11.0. The third kappa shape index (κ3) is 6.45. The Morgan fingerprint density at radius 1 is 1.08 bits per heavy atom. The van der Waals surface area contributed by atoms with Gasteiger partial charge in [0.05, 0.1) is 0 Å². The van der Waals surface area contributed by atoms with E-state index >= 15 is 0 Å². The van der Waals surface area contributed by atoms with Gasteiger partial charge in [-0.3, -0.25) is 9.59 Å². The smallest absolute Gasteiger partial charge is 0.319 e. The van der Waals surface area contributed by atoms with Crippen molar-refractivity contribution in [2.75, 3.05) is 5.32 Å². The molecule has 1 fully saturated rings. The number of carbonyl (C=O) groups excluding carboxylic acids is 3. The number of carbonyl (C=O) groups is 3. The molecule has 0 aliphatic heterocycles. The molecule has 2 rings (SSSR count). The summed E-state index contributed by atoms with van der Waals surface area (Å²) in [4.78, 5) is 35.9. The number of hydrogen-bond acceptors (Lipinski definition) is 3. The highest BCUT2D eigenvalue weighted by Crippen LogP contribution is 2.19. The molecule has 0 aromatic heterocycles. The van der Waals surface area contributed by atoms with E-state index in [9.17, 15) is 14.4 Å². The van der Waals surface area contributed by atoms with E-state index < -0.39 is 6.04 Å². The first-order valence-corrected chi connectivity index (χ1v) is 8.44. The van der Waals surface area contributed by atoms with E-state index in [0.29, 0.717) is 11.3 Å². The lowest BCUT2D eigenvalue weighted by molar-refractivity contribution is -0.124. The van der Waals surface area contributed by atoms with Gasteiger partial charge in [0.1, 0.15) is 6.04 Å². The van der Waals surface area contributed by atoms with Crippen molar-refractivity contribution >= 4 is 23.5 Å². The third-order valence-corrected chi connectivity index (χ3v) is 3.56. The summed E-state index contributed by atoms with van der Waals surface area (Å²) in [7, 11) is 0. The normalized spacial score (nSPS) is 15.0. The lowest BCUT2D eigenvalue weighted by atomic mass is 10.1. The zero-order valence-electron chi connectivity index (χ0n) is 15.1. The van der Waals surface area contributed by atoms with Gasteiger partial charge in [-0.1, -0.05) is 0 Å². The fourth-order valence-corrected chi connectivity index (χ4v) is 2.11. The van der Waals surface area contributed by atoms with Gasteiger partial charge in [-0.15, -0.1) is 0 Å². The summed E-state index contributed by atoms with van der Waals surface area (Å²) in [6.07, 6.45) is 2.04. The molecule has 7 nitrogen and oxygen atoms in total. The fraction of sp³-hybridized carbons (Fsp3) is 0.500. The van der Waals surface area contributed by atoms with Gasteiger partial charge in [-0.05, 0) is 64.8 Å². The van der Waals surface area contributed by atoms with E-state index in [4.69, 9.17) is 0 Å². The van der Waals surface area contributed by atoms with Crippen molar-refractivity contribution in [2.24, 2.45) is 0 Å². The molecule has 1 atom stereocenters. The predicted molar refractivity (Wildman–Crippen MR) is 96.4 cm³/mol. The zero-order chi connectivity index (χ0) is 18.6. The maximum Gasteiger partial charge on any atom is 0.319 e. The van der Waals surface area contributed by atoms with Gasteiger partial charge in [0, 0.05) is 22.8 Å². The molecule has 25 heavy (non-hydrogen) atoms. The highest BCUT2D eigenvalue weighted by Gasteiger charge is 2.23. The average Bonchev–Trinajstić information content (AvgIpc) is 3.29. The predicted octanol–water partition coefficient (Wildman–Crippen LogP) is 2.00. The summed E-state index contributed by atoms with van der Waals surface area (Å²) in [6, 6.07) is 5.92. The Balaban J connectivity index is 1.86. The average molecular weight is 346 g/mol. The van der Waals surface area contributed by atoms with Crippen molar-refractivity contribution < 1.29 is 14.4 Å². The maximum atomic E-state index is 12.2. The molecule has 1 aliphatic rings. The van der Waals surface area contributed by atoms with E-state index in [1.165, 1.54) is 0 Å². The van der Waals surface area contributed by atoms with E-state index in [1.807, 2.05) is 20.8 Å². The number of amides is 4. The van der Waals surface area contributed by atoms with Crippen molar-refractivity contribution in [1.82, 2.24) is 16.0 Å².